The quantitative estimate of drug-likeness (QED) is 0.431. The first kappa shape index (κ1) is 20.0. The van der Waals surface area contributed by atoms with Crippen LogP contribution in [0, 0.1) is 11.3 Å². The number of rotatable bonds is 2. The second kappa shape index (κ2) is 7.37. The summed E-state index contributed by atoms with van der Waals surface area (Å²) in [6.07, 6.45) is 15.6. The third-order valence-corrected chi connectivity index (χ3v) is 5.79. The number of hydrogen-bond acceptors (Lipinski definition) is 2. The number of aliphatic hydroxyl groups excluding tert-OH is 1. The number of aliphatic hydroxyl groups is 1. The first-order valence-electron chi connectivity index (χ1n) is 9.91. The van der Waals surface area contributed by atoms with Crippen LogP contribution in [0.1, 0.15) is 41.0 Å². The third kappa shape index (κ3) is 3.79. The second-order valence-electron chi connectivity index (χ2n) is 9.04. The zero-order chi connectivity index (χ0) is 20.6. The maximum absolute atomic E-state index is 10.0. The maximum Gasteiger partial charge on any atom is 0.117 e. The molecule has 2 aliphatic heterocycles. The summed E-state index contributed by atoms with van der Waals surface area (Å²) in [7, 11) is 0. The van der Waals surface area contributed by atoms with Crippen LogP contribution in [0.5, 0.6) is 0 Å². The summed E-state index contributed by atoms with van der Waals surface area (Å²) in [4.78, 5) is 2.32. The lowest BCUT2D eigenvalue weighted by Gasteiger charge is -2.49. The van der Waals surface area contributed by atoms with E-state index in [0.717, 1.165) is 12.0 Å². The van der Waals surface area contributed by atoms with Gasteiger partial charge in [0.2, 0.25) is 0 Å². The average Bonchev–Trinajstić information content (AvgIpc) is 2.80. The summed E-state index contributed by atoms with van der Waals surface area (Å²) < 4.78 is 0. The highest BCUT2D eigenvalue weighted by Gasteiger charge is 2.40. The fourth-order valence-corrected chi connectivity index (χ4v) is 4.10. The molecular formula is C26H31NO. The van der Waals surface area contributed by atoms with E-state index in [-0.39, 0.29) is 11.2 Å². The molecule has 0 amide bonds. The van der Waals surface area contributed by atoms with Gasteiger partial charge in [0.25, 0.3) is 0 Å². The van der Waals surface area contributed by atoms with Gasteiger partial charge in [0.05, 0.1) is 0 Å². The van der Waals surface area contributed by atoms with Crippen LogP contribution in [0.25, 0.3) is 0 Å². The van der Waals surface area contributed by atoms with E-state index in [1.54, 1.807) is 0 Å². The zero-order valence-corrected chi connectivity index (χ0v) is 17.7. The van der Waals surface area contributed by atoms with Gasteiger partial charge >= 0.3 is 0 Å². The molecule has 0 spiro atoms. The lowest BCUT2D eigenvalue weighted by atomic mass is 9.73. The van der Waals surface area contributed by atoms with E-state index < -0.39 is 0 Å². The molecule has 1 saturated heterocycles. The van der Waals surface area contributed by atoms with Gasteiger partial charge in [-0.25, -0.2) is 0 Å². The van der Waals surface area contributed by atoms with Crippen molar-refractivity contribution in [1.82, 2.24) is 4.90 Å². The van der Waals surface area contributed by atoms with Crippen LogP contribution in [0.2, 0.25) is 0 Å². The largest absolute Gasteiger partial charge is 0.508 e. The highest BCUT2D eigenvalue weighted by atomic mass is 16.3. The fraction of sp³-hybridized carbons (Fsp3) is 0.346. The maximum atomic E-state index is 10.0. The smallest absolute Gasteiger partial charge is 0.117 e. The van der Waals surface area contributed by atoms with Crippen LogP contribution in [0.4, 0.5) is 0 Å². The van der Waals surface area contributed by atoms with E-state index >= 15 is 0 Å². The van der Waals surface area contributed by atoms with Crippen LogP contribution >= 0.6 is 0 Å². The van der Waals surface area contributed by atoms with Crippen molar-refractivity contribution < 1.29 is 5.11 Å². The molecule has 146 valence electrons. The number of allylic oxidation sites excluding steroid dienone is 9. The number of nitrogens with zero attached hydrogens (tertiary/aromatic N) is 1. The molecule has 1 fully saturated rings. The standard InChI is InChI=1S/C26H31NO/c1-17-11-9-8-10-12-21(17)15-22-19(3)14-25(26(5,6)7)27-16-23(20(4)28)18(2)13-24(22)27/h8,10-13,15-16,19,25,28H,2,4,14H2,1,3,5-7H3/b22-15+. The Hall–Kier alpha value is -2.70. The molecule has 0 saturated carbocycles. The van der Waals surface area contributed by atoms with E-state index in [2.05, 4.69) is 76.6 Å². The van der Waals surface area contributed by atoms with Crippen molar-refractivity contribution in [3.8, 4) is 0 Å². The molecule has 0 radical (unpaired) electrons. The van der Waals surface area contributed by atoms with E-state index in [0.29, 0.717) is 17.5 Å². The first-order chi connectivity index (χ1) is 13.1. The van der Waals surface area contributed by atoms with Crippen molar-refractivity contribution in [3.63, 3.8) is 0 Å². The van der Waals surface area contributed by atoms with E-state index in [1.807, 2.05) is 24.4 Å². The molecule has 0 aromatic carbocycles. The molecule has 2 nitrogen and oxygen atoms in total. The van der Waals surface area contributed by atoms with Crippen LogP contribution < -0.4 is 0 Å². The van der Waals surface area contributed by atoms with Crippen molar-refractivity contribution in [2.24, 2.45) is 11.3 Å². The van der Waals surface area contributed by atoms with Gasteiger partial charge in [-0.1, -0.05) is 53.0 Å². The van der Waals surface area contributed by atoms with Gasteiger partial charge in [-0.15, -0.1) is 5.73 Å². The van der Waals surface area contributed by atoms with E-state index in [9.17, 15) is 5.11 Å². The highest BCUT2D eigenvalue weighted by molar-refractivity contribution is 5.57. The zero-order valence-electron chi connectivity index (χ0n) is 17.7. The summed E-state index contributed by atoms with van der Waals surface area (Å²) in [6.45, 7) is 19.1. The monoisotopic (exact) mass is 373 g/mol. The molecule has 0 aromatic rings. The van der Waals surface area contributed by atoms with Crippen LogP contribution in [0.15, 0.2) is 101 Å². The Morgan fingerprint density at radius 3 is 2.71 bits per heavy atom. The Bertz CT molecular complexity index is 933. The summed E-state index contributed by atoms with van der Waals surface area (Å²) in [5.74, 6) is 0.485. The van der Waals surface area contributed by atoms with Gasteiger partial charge < -0.3 is 10.0 Å². The molecule has 28 heavy (non-hydrogen) atoms. The van der Waals surface area contributed by atoms with Gasteiger partial charge in [-0.05, 0) is 71.3 Å². The Balaban J connectivity index is 2.14. The molecule has 0 aromatic heterocycles. The van der Waals surface area contributed by atoms with Crippen molar-refractivity contribution in [2.45, 2.75) is 47.1 Å². The molecule has 2 atom stereocenters. The average molecular weight is 374 g/mol. The first-order valence-corrected chi connectivity index (χ1v) is 9.91. The van der Waals surface area contributed by atoms with Crippen LogP contribution in [0.3, 0.4) is 0 Å². The lowest BCUT2D eigenvalue weighted by molar-refractivity contribution is 0.134. The molecule has 2 heteroatoms. The van der Waals surface area contributed by atoms with Crippen molar-refractivity contribution in [2.75, 3.05) is 0 Å². The molecule has 3 aliphatic rings. The summed E-state index contributed by atoms with van der Waals surface area (Å²) in [5.41, 5.74) is 9.65. The van der Waals surface area contributed by atoms with Gasteiger partial charge in [-0.2, -0.15) is 0 Å². The van der Waals surface area contributed by atoms with Crippen molar-refractivity contribution >= 4 is 0 Å². The van der Waals surface area contributed by atoms with Gasteiger partial charge in [0, 0.05) is 23.5 Å². The molecule has 0 bridgehead atoms. The summed E-state index contributed by atoms with van der Waals surface area (Å²) >= 11 is 0. The third-order valence-electron chi connectivity index (χ3n) is 5.79. The predicted molar refractivity (Wildman–Crippen MR) is 119 cm³/mol. The Kier molecular flexibility index (Phi) is 5.28. The van der Waals surface area contributed by atoms with Crippen molar-refractivity contribution in [3.05, 3.63) is 101 Å². The van der Waals surface area contributed by atoms with Gasteiger partial charge in [-0.3, -0.25) is 0 Å². The molecule has 1 aliphatic carbocycles. The lowest BCUT2D eigenvalue weighted by Crippen LogP contribution is -2.47. The van der Waals surface area contributed by atoms with E-state index in [4.69, 9.17) is 0 Å². The topological polar surface area (TPSA) is 23.5 Å². The normalized spacial score (nSPS) is 26.2. The molecular weight excluding hydrogens is 342 g/mol. The molecule has 2 heterocycles. The van der Waals surface area contributed by atoms with Crippen molar-refractivity contribution in [1.29, 1.82) is 0 Å². The molecule has 1 N–H and O–H groups in total. The number of hydrogen-bond donors (Lipinski definition) is 1. The SMILES string of the molecule is C=C(O)C1=CN2C(=CC1=C)/C(=C/C1=C(C)C=C=CC=C1)C(C)CC2C(C)(C)C. The van der Waals surface area contributed by atoms with Crippen LogP contribution in [-0.2, 0) is 0 Å². The summed E-state index contributed by atoms with van der Waals surface area (Å²) in [5, 5.41) is 10.0. The molecule has 2 unspecified atom stereocenters. The van der Waals surface area contributed by atoms with E-state index in [1.165, 1.54) is 22.4 Å². The Morgan fingerprint density at radius 1 is 1.36 bits per heavy atom. The number of fused-ring (bicyclic) bond motifs is 1. The Labute approximate surface area is 169 Å². The van der Waals surface area contributed by atoms with Gasteiger partial charge in [0.15, 0.2) is 0 Å². The fourth-order valence-electron chi connectivity index (χ4n) is 4.10. The minimum absolute atomic E-state index is 0.0681. The Morgan fingerprint density at radius 2 is 2.07 bits per heavy atom. The predicted octanol–water partition coefficient (Wildman–Crippen LogP) is 6.68. The minimum atomic E-state index is 0.0681. The minimum Gasteiger partial charge on any atom is -0.508 e. The molecule has 3 rings (SSSR count). The van der Waals surface area contributed by atoms with Gasteiger partial charge in [0.1, 0.15) is 5.76 Å². The second-order valence-corrected chi connectivity index (χ2v) is 9.04. The number of piperidine rings is 1. The summed E-state index contributed by atoms with van der Waals surface area (Å²) in [6, 6.07) is 0.328. The highest BCUT2D eigenvalue weighted by Crippen LogP contribution is 2.45. The van der Waals surface area contributed by atoms with Crippen LogP contribution in [-0.4, -0.2) is 16.0 Å².